The van der Waals surface area contributed by atoms with Gasteiger partial charge in [-0.15, -0.1) is 0 Å². The molecule has 1 aliphatic carbocycles. The van der Waals surface area contributed by atoms with Gasteiger partial charge in [0.1, 0.15) is 0 Å². The molecule has 2 rings (SSSR count). The molecule has 4 N–H and O–H groups in total. The van der Waals surface area contributed by atoms with Crippen LogP contribution in [0.25, 0.3) is 0 Å². The Hall–Kier alpha value is -1.55. The van der Waals surface area contributed by atoms with Gasteiger partial charge in [0.2, 0.25) is 5.91 Å². The van der Waals surface area contributed by atoms with E-state index >= 15 is 0 Å². The highest BCUT2D eigenvalue weighted by Crippen LogP contribution is 2.23. The number of nitrogens with two attached hydrogens (primary N) is 1. The Morgan fingerprint density at radius 3 is 2.40 bits per heavy atom. The third-order valence-corrected chi connectivity index (χ3v) is 4.02. The monoisotopic (exact) mass is 276 g/mol. The molecule has 0 radical (unpaired) electrons. The zero-order valence-electron chi connectivity index (χ0n) is 11.8. The number of aliphatic hydroxyl groups is 1. The molecular weight excluding hydrogens is 252 g/mol. The van der Waals surface area contributed by atoms with Crippen LogP contribution in [0.1, 0.15) is 50.2 Å². The summed E-state index contributed by atoms with van der Waals surface area (Å²) in [5, 5.41) is 12.9. The molecule has 1 aliphatic rings. The van der Waals surface area contributed by atoms with Crippen LogP contribution < -0.4 is 11.1 Å². The molecule has 0 aliphatic heterocycles. The highest BCUT2D eigenvalue weighted by Gasteiger charge is 2.20. The quantitative estimate of drug-likeness (QED) is 0.584. The average molecular weight is 276 g/mol. The summed E-state index contributed by atoms with van der Waals surface area (Å²) in [7, 11) is 0. The van der Waals surface area contributed by atoms with Crippen molar-refractivity contribution in [2.24, 2.45) is 5.92 Å². The summed E-state index contributed by atoms with van der Waals surface area (Å²) in [5.41, 5.74) is 7.06. The number of carbonyl (C=O) groups is 1. The lowest BCUT2D eigenvalue weighted by Gasteiger charge is -2.17. The summed E-state index contributed by atoms with van der Waals surface area (Å²) in [6.07, 6.45) is 6.02. The predicted molar refractivity (Wildman–Crippen MR) is 80.0 cm³/mol. The Kier molecular flexibility index (Phi) is 5.41. The van der Waals surface area contributed by atoms with Crippen LogP contribution in [0.3, 0.4) is 0 Å². The molecule has 1 saturated carbocycles. The minimum absolute atomic E-state index is 0.0846. The van der Waals surface area contributed by atoms with Crippen molar-refractivity contribution in [1.82, 2.24) is 5.32 Å². The predicted octanol–water partition coefficient (Wildman–Crippen LogP) is 2.39. The van der Waals surface area contributed by atoms with E-state index in [0.29, 0.717) is 5.69 Å². The number of hydrogen-bond acceptors (Lipinski definition) is 3. The van der Waals surface area contributed by atoms with Gasteiger partial charge in [0.15, 0.2) is 0 Å². The largest absolute Gasteiger partial charge is 0.399 e. The van der Waals surface area contributed by atoms with E-state index in [2.05, 4.69) is 5.32 Å². The molecule has 0 spiro atoms. The minimum atomic E-state index is -0.676. The number of aliphatic hydroxyl groups excluding tert-OH is 1. The van der Waals surface area contributed by atoms with Crippen molar-refractivity contribution in [3.05, 3.63) is 29.8 Å². The second-order valence-corrected chi connectivity index (χ2v) is 5.62. The van der Waals surface area contributed by atoms with Crippen molar-refractivity contribution in [3.63, 3.8) is 0 Å². The molecule has 0 aromatic heterocycles. The summed E-state index contributed by atoms with van der Waals surface area (Å²) in [6.45, 7) is 0.263. The minimum Gasteiger partial charge on any atom is -0.399 e. The van der Waals surface area contributed by atoms with E-state index < -0.39 is 6.10 Å². The van der Waals surface area contributed by atoms with Crippen LogP contribution in [-0.2, 0) is 4.79 Å². The highest BCUT2D eigenvalue weighted by molar-refractivity contribution is 5.78. The molecule has 1 unspecified atom stereocenters. The number of rotatable bonds is 4. The van der Waals surface area contributed by atoms with Crippen LogP contribution in [0.2, 0.25) is 0 Å². The molecule has 4 nitrogen and oxygen atoms in total. The molecular formula is C16H24N2O2. The molecule has 1 amide bonds. The normalized spacial score (nSPS) is 18.2. The molecule has 0 bridgehead atoms. The first-order valence-corrected chi connectivity index (χ1v) is 7.48. The van der Waals surface area contributed by atoms with E-state index in [4.69, 9.17) is 5.73 Å². The summed E-state index contributed by atoms with van der Waals surface area (Å²) in [5.74, 6) is 0.206. The highest BCUT2D eigenvalue weighted by atomic mass is 16.3. The van der Waals surface area contributed by atoms with Crippen molar-refractivity contribution in [2.75, 3.05) is 12.3 Å². The van der Waals surface area contributed by atoms with E-state index in [9.17, 15) is 9.90 Å². The summed E-state index contributed by atoms with van der Waals surface area (Å²) >= 11 is 0. The second-order valence-electron chi connectivity index (χ2n) is 5.62. The Bertz CT molecular complexity index is 423. The van der Waals surface area contributed by atoms with Crippen molar-refractivity contribution >= 4 is 11.6 Å². The maximum Gasteiger partial charge on any atom is 0.223 e. The van der Waals surface area contributed by atoms with Gasteiger partial charge >= 0.3 is 0 Å². The Balaban J connectivity index is 1.81. The summed E-state index contributed by atoms with van der Waals surface area (Å²) < 4.78 is 0. The number of anilines is 1. The first-order chi connectivity index (χ1) is 9.66. The SMILES string of the molecule is Nc1ccc(C(O)CNC(=O)C2CCCCCC2)cc1. The van der Waals surface area contributed by atoms with Gasteiger partial charge in [-0.2, -0.15) is 0 Å². The number of amides is 1. The molecule has 0 saturated heterocycles. The third-order valence-electron chi connectivity index (χ3n) is 4.02. The smallest absolute Gasteiger partial charge is 0.223 e. The fourth-order valence-electron chi connectivity index (χ4n) is 2.72. The van der Waals surface area contributed by atoms with Gasteiger partial charge in [-0.05, 0) is 30.5 Å². The van der Waals surface area contributed by atoms with E-state index in [1.165, 1.54) is 12.8 Å². The number of nitrogen functional groups attached to an aromatic ring is 1. The number of hydrogen-bond donors (Lipinski definition) is 3. The van der Waals surface area contributed by atoms with E-state index in [1.54, 1.807) is 24.3 Å². The van der Waals surface area contributed by atoms with Crippen LogP contribution in [0, 0.1) is 5.92 Å². The van der Waals surface area contributed by atoms with E-state index in [0.717, 1.165) is 31.2 Å². The molecule has 110 valence electrons. The zero-order valence-corrected chi connectivity index (χ0v) is 11.8. The van der Waals surface area contributed by atoms with Gasteiger partial charge < -0.3 is 16.2 Å². The standard InChI is InChI=1S/C16H24N2O2/c17-14-9-7-12(8-10-14)15(19)11-18-16(20)13-5-3-1-2-4-6-13/h7-10,13,15,19H,1-6,11,17H2,(H,18,20). The molecule has 1 fully saturated rings. The Morgan fingerprint density at radius 1 is 1.20 bits per heavy atom. The molecule has 4 heteroatoms. The van der Waals surface area contributed by atoms with Crippen LogP contribution >= 0.6 is 0 Å². The van der Waals surface area contributed by atoms with E-state index in [1.807, 2.05) is 0 Å². The van der Waals surface area contributed by atoms with Crippen LogP contribution in [0.5, 0.6) is 0 Å². The van der Waals surface area contributed by atoms with Gasteiger partial charge in [-0.1, -0.05) is 37.8 Å². The molecule has 1 aromatic rings. The van der Waals surface area contributed by atoms with Gasteiger partial charge in [-0.25, -0.2) is 0 Å². The average Bonchev–Trinajstić information content (AvgIpc) is 2.74. The van der Waals surface area contributed by atoms with E-state index in [-0.39, 0.29) is 18.4 Å². The Labute approximate surface area is 120 Å². The Morgan fingerprint density at radius 2 is 1.80 bits per heavy atom. The summed E-state index contributed by atoms with van der Waals surface area (Å²) in [6, 6.07) is 7.09. The maximum atomic E-state index is 12.1. The lowest BCUT2D eigenvalue weighted by atomic mass is 9.99. The van der Waals surface area contributed by atoms with Crippen molar-refractivity contribution in [1.29, 1.82) is 0 Å². The lowest BCUT2D eigenvalue weighted by molar-refractivity contribution is -0.125. The van der Waals surface area contributed by atoms with Gasteiger partial charge in [0.05, 0.1) is 6.10 Å². The zero-order chi connectivity index (χ0) is 14.4. The van der Waals surface area contributed by atoms with Gasteiger partial charge in [-0.3, -0.25) is 4.79 Å². The molecule has 1 aromatic carbocycles. The van der Waals surface area contributed by atoms with Crippen LogP contribution in [-0.4, -0.2) is 17.6 Å². The van der Waals surface area contributed by atoms with Gasteiger partial charge in [0.25, 0.3) is 0 Å². The number of carbonyl (C=O) groups excluding carboxylic acids is 1. The van der Waals surface area contributed by atoms with Crippen molar-refractivity contribution in [3.8, 4) is 0 Å². The molecule has 20 heavy (non-hydrogen) atoms. The number of benzene rings is 1. The first-order valence-electron chi connectivity index (χ1n) is 7.48. The summed E-state index contributed by atoms with van der Waals surface area (Å²) in [4.78, 5) is 12.1. The van der Waals surface area contributed by atoms with Crippen molar-refractivity contribution < 1.29 is 9.90 Å². The maximum absolute atomic E-state index is 12.1. The third kappa shape index (κ3) is 4.23. The second kappa shape index (κ2) is 7.29. The van der Waals surface area contributed by atoms with Crippen LogP contribution in [0.15, 0.2) is 24.3 Å². The van der Waals surface area contributed by atoms with Crippen molar-refractivity contribution in [2.45, 2.75) is 44.6 Å². The lowest BCUT2D eigenvalue weighted by Crippen LogP contribution is -2.33. The topological polar surface area (TPSA) is 75.3 Å². The molecule has 1 atom stereocenters. The first kappa shape index (κ1) is 14.9. The fraction of sp³-hybridized carbons (Fsp3) is 0.562. The van der Waals surface area contributed by atoms with Gasteiger partial charge in [0, 0.05) is 18.2 Å². The van der Waals surface area contributed by atoms with Crippen LogP contribution in [0.4, 0.5) is 5.69 Å². The fourth-order valence-corrected chi connectivity index (χ4v) is 2.72. The molecule has 0 heterocycles. The number of nitrogens with one attached hydrogen (secondary N) is 1.